The van der Waals surface area contributed by atoms with Crippen molar-refractivity contribution in [2.75, 3.05) is 7.11 Å². The number of aromatic hydroxyl groups is 1. The monoisotopic (exact) mass is 363 g/mol. The number of benzene rings is 1. The smallest absolute Gasteiger partial charge is 0.419 e. The van der Waals surface area contributed by atoms with E-state index in [1.165, 1.54) is 6.07 Å². The van der Waals surface area contributed by atoms with E-state index >= 15 is 0 Å². The van der Waals surface area contributed by atoms with Gasteiger partial charge in [0.05, 0.1) is 12.7 Å². The summed E-state index contributed by atoms with van der Waals surface area (Å²) in [7, 11) is 1.09. The predicted molar refractivity (Wildman–Crippen MR) is 82.0 cm³/mol. The largest absolute Gasteiger partial charge is 0.507 e. The Labute approximate surface area is 142 Å². The highest BCUT2D eigenvalue weighted by Crippen LogP contribution is 2.36. The van der Waals surface area contributed by atoms with Crippen molar-refractivity contribution in [2.45, 2.75) is 45.0 Å². The molecule has 9 heteroatoms. The Morgan fingerprint density at radius 1 is 1.24 bits per heavy atom. The van der Waals surface area contributed by atoms with E-state index in [2.05, 4.69) is 10.1 Å². The average molecular weight is 363 g/mol. The number of alkyl carbamates (subject to hydrolysis) is 1. The van der Waals surface area contributed by atoms with Crippen molar-refractivity contribution in [3.63, 3.8) is 0 Å². The van der Waals surface area contributed by atoms with Crippen molar-refractivity contribution in [2.24, 2.45) is 0 Å². The van der Waals surface area contributed by atoms with Crippen LogP contribution in [0.4, 0.5) is 18.0 Å². The minimum absolute atomic E-state index is 0.0802. The fraction of sp³-hybridized carbons (Fsp3) is 0.500. The number of methoxy groups -OCH3 is 1. The number of rotatable bonds is 4. The Bertz CT molecular complexity index is 638. The molecular formula is C16H20F3NO5. The molecule has 0 aromatic heterocycles. The van der Waals surface area contributed by atoms with Crippen molar-refractivity contribution < 1.29 is 37.3 Å². The van der Waals surface area contributed by atoms with Gasteiger partial charge in [0, 0.05) is 6.42 Å². The van der Waals surface area contributed by atoms with Crippen LogP contribution in [0, 0.1) is 0 Å². The number of nitrogens with one attached hydrogen (secondary N) is 1. The first-order valence-electron chi connectivity index (χ1n) is 7.30. The molecule has 0 aliphatic rings. The predicted octanol–water partition coefficient (Wildman–Crippen LogP) is 3.02. The third kappa shape index (κ3) is 6.52. The molecule has 0 saturated heterocycles. The van der Waals surface area contributed by atoms with E-state index in [1.54, 1.807) is 20.8 Å². The number of carbonyl (C=O) groups is 2. The van der Waals surface area contributed by atoms with Crippen LogP contribution in [0.1, 0.15) is 31.9 Å². The summed E-state index contributed by atoms with van der Waals surface area (Å²) < 4.78 is 48.1. The van der Waals surface area contributed by atoms with Gasteiger partial charge >= 0.3 is 18.2 Å². The molecule has 25 heavy (non-hydrogen) atoms. The molecule has 1 aromatic rings. The number of amides is 1. The van der Waals surface area contributed by atoms with Crippen molar-refractivity contribution >= 4 is 12.1 Å². The maximum atomic E-state index is 12.8. The Morgan fingerprint density at radius 3 is 2.32 bits per heavy atom. The summed E-state index contributed by atoms with van der Waals surface area (Å²) >= 11 is 0. The van der Waals surface area contributed by atoms with E-state index in [0.29, 0.717) is 6.07 Å². The van der Waals surface area contributed by atoms with Crippen molar-refractivity contribution in [3.05, 3.63) is 29.3 Å². The van der Waals surface area contributed by atoms with Gasteiger partial charge in [0.2, 0.25) is 0 Å². The molecule has 1 atom stereocenters. The second-order valence-electron chi connectivity index (χ2n) is 6.28. The van der Waals surface area contributed by atoms with Gasteiger partial charge in [-0.05, 0) is 38.5 Å². The number of hydrogen-bond donors (Lipinski definition) is 2. The molecule has 1 aromatic carbocycles. The SMILES string of the molecule is COC(=O)C(Cc1ccc(O)c(C(F)(F)F)c1)NC(=O)OC(C)(C)C. The van der Waals surface area contributed by atoms with E-state index in [4.69, 9.17) is 4.74 Å². The lowest BCUT2D eigenvalue weighted by Crippen LogP contribution is -2.45. The van der Waals surface area contributed by atoms with Gasteiger partial charge < -0.3 is 19.9 Å². The van der Waals surface area contributed by atoms with Crippen molar-refractivity contribution in [1.82, 2.24) is 5.32 Å². The highest BCUT2D eigenvalue weighted by molar-refractivity contribution is 5.81. The summed E-state index contributed by atoms with van der Waals surface area (Å²) in [5, 5.41) is 11.6. The third-order valence-corrected chi connectivity index (χ3v) is 2.98. The summed E-state index contributed by atoms with van der Waals surface area (Å²) in [4.78, 5) is 23.6. The molecule has 1 amide bonds. The van der Waals surface area contributed by atoms with Gasteiger partial charge in [-0.2, -0.15) is 13.2 Å². The van der Waals surface area contributed by atoms with E-state index in [9.17, 15) is 27.9 Å². The summed E-state index contributed by atoms with van der Waals surface area (Å²) in [6.07, 6.45) is -5.92. The Hall–Kier alpha value is -2.45. The zero-order chi connectivity index (χ0) is 19.4. The summed E-state index contributed by atoms with van der Waals surface area (Å²) in [5.74, 6) is -1.77. The van der Waals surface area contributed by atoms with Crippen molar-refractivity contribution in [3.8, 4) is 5.75 Å². The minimum Gasteiger partial charge on any atom is -0.507 e. The Kier molecular flexibility index (Phi) is 6.28. The van der Waals surface area contributed by atoms with E-state index in [1.807, 2.05) is 0 Å². The first-order chi connectivity index (χ1) is 11.3. The van der Waals surface area contributed by atoms with Crippen LogP contribution >= 0.6 is 0 Å². The molecular weight excluding hydrogens is 343 g/mol. The second-order valence-corrected chi connectivity index (χ2v) is 6.28. The van der Waals surface area contributed by atoms with Crippen LogP contribution in [0.15, 0.2) is 18.2 Å². The standard InChI is InChI=1S/C16H20F3NO5/c1-15(2,3)25-14(23)20-11(13(22)24-4)8-9-5-6-12(21)10(7-9)16(17,18)19/h5-7,11,21H,8H2,1-4H3,(H,20,23). The molecule has 140 valence electrons. The van der Waals surface area contributed by atoms with E-state index in [0.717, 1.165) is 13.2 Å². The zero-order valence-electron chi connectivity index (χ0n) is 14.2. The van der Waals surface area contributed by atoms with Gasteiger partial charge in [0.15, 0.2) is 0 Å². The maximum Gasteiger partial charge on any atom is 0.419 e. The number of alkyl halides is 3. The molecule has 0 fully saturated rings. The molecule has 0 saturated carbocycles. The first-order valence-corrected chi connectivity index (χ1v) is 7.30. The minimum atomic E-state index is -4.75. The first kappa shape index (κ1) is 20.6. The van der Waals surface area contributed by atoms with Crippen LogP contribution in [-0.4, -0.2) is 35.9 Å². The van der Waals surface area contributed by atoms with Gasteiger partial charge in [0.1, 0.15) is 17.4 Å². The maximum absolute atomic E-state index is 12.8. The van der Waals surface area contributed by atoms with Gasteiger partial charge in [-0.1, -0.05) is 6.07 Å². The van der Waals surface area contributed by atoms with E-state index in [-0.39, 0.29) is 12.0 Å². The number of carbonyl (C=O) groups excluding carboxylic acids is 2. The molecule has 0 spiro atoms. The molecule has 0 aliphatic heterocycles. The number of hydrogen-bond acceptors (Lipinski definition) is 5. The summed E-state index contributed by atoms with van der Waals surface area (Å²) in [6, 6.07) is 1.56. The Balaban J connectivity index is 3.00. The molecule has 0 bridgehead atoms. The van der Waals surface area contributed by atoms with Crippen LogP contribution in [0.2, 0.25) is 0 Å². The molecule has 2 N–H and O–H groups in total. The third-order valence-electron chi connectivity index (χ3n) is 2.98. The van der Waals surface area contributed by atoms with Gasteiger partial charge in [-0.15, -0.1) is 0 Å². The number of esters is 1. The number of ether oxygens (including phenoxy) is 2. The highest BCUT2D eigenvalue weighted by Gasteiger charge is 2.34. The molecule has 0 aliphatic carbocycles. The van der Waals surface area contributed by atoms with E-state index < -0.39 is 41.2 Å². The van der Waals surface area contributed by atoms with Crippen LogP contribution in [-0.2, 0) is 26.9 Å². The number of halogens is 3. The van der Waals surface area contributed by atoms with Gasteiger partial charge in [-0.25, -0.2) is 9.59 Å². The lowest BCUT2D eigenvalue weighted by molar-refractivity contribution is -0.143. The zero-order valence-corrected chi connectivity index (χ0v) is 14.2. The molecule has 1 rings (SSSR count). The lowest BCUT2D eigenvalue weighted by atomic mass is 10.0. The highest BCUT2D eigenvalue weighted by atomic mass is 19.4. The van der Waals surface area contributed by atoms with Gasteiger partial charge in [0.25, 0.3) is 0 Å². The molecule has 0 radical (unpaired) electrons. The summed E-state index contributed by atoms with van der Waals surface area (Å²) in [5.41, 5.74) is -1.96. The molecule has 6 nitrogen and oxygen atoms in total. The average Bonchev–Trinajstić information content (AvgIpc) is 2.44. The molecule has 1 unspecified atom stereocenters. The van der Waals surface area contributed by atoms with Gasteiger partial charge in [-0.3, -0.25) is 0 Å². The fourth-order valence-corrected chi connectivity index (χ4v) is 1.96. The van der Waals surface area contributed by atoms with Crippen LogP contribution in [0.3, 0.4) is 0 Å². The van der Waals surface area contributed by atoms with Crippen molar-refractivity contribution in [1.29, 1.82) is 0 Å². The topological polar surface area (TPSA) is 84.9 Å². The number of phenols is 1. The quantitative estimate of drug-likeness (QED) is 0.804. The second kappa shape index (κ2) is 7.62. The van der Waals surface area contributed by atoms with Crippen LogP contribution in [0.5, 0.6) is 5.75 Å². The normalized spacial score (nSPS) is 13.1. The van der Waals surface area contributed by atoms with Crippen LogP contribution in [0.25, 0.3) is 0 Å². The molecule has 0 heterocycles. The van der Waals surface area contributed by atoms with Crippen LogP contribution < -0.4 is 5.32 Å². The Morgan fingerprint density at radius 2 is 1.84 bits per heavy atom. The lowest BCUT2D eigenvalue weighted by Gasteiger charge is -2.23. The fourth-order valence-electron chi connectivity index (χ4n) is 1.96. The summed E-state index contributed by atoms with van der Waals surface area (Å²) in [6.45, 7) is 4.86. The number of phenolic OH excluding ortho intramolecular Hbond substituents is 1.